The Kier molecular flexibility index (Phi) is 1.77. The molecule has 0 fully saturated rings. The molecule has 0 saturated carbocycles. The highest BCUT2D eigenvalue weighted by molar-refractivity contribution is 7.07. The second-order valence-corrected chi connectivity index (χ2v) is 4.10. The van der Waals surface area contributed by atoms with E-state index in [1.54, 1.807) is 17.7 Å². The van der Waals surface area contributed by atoms with Crippen molar-refractivity contribution >= 4 is 17.3 Å². The number of hydrogen-bond acceptors (Lipinski definition) is 4. The lowest BCUT2D eigenvalue weighted by molar-refractivity contribution is 0.481. The molecule has 0 saturated heterocycles. The lowest BCUT2D eigenvalue weighted by Gasteiger charge is -2.23. The molecule has 1 aliphatic rings. The molecule has 2 aromatic rings. The summed E-state index contributed by atoms with van der Waals surface area (Å²) in [5, 5.41) is 11.8. The Balaban J connectivity index is 2.04. The Morgan fingerprint density at radius 2 is 2.57 bits per heavy atom. The first kappa shape index (κ1) is 7.99. The van der Waals surface area contributed by atoms with Crippen molar-refractivity contribution in [3.05, 3.63) is 28.7 Å². The molecule has 3 heterocycles. The largest absolute Gasteiger partial charge is 0.354 e. The van der Waals surface area contributed by atoms with E-state index in [1.807, 2.05) is 4.68 Å². The zero-order chi connectivity index (χ0) is 9.38. The van der Waals surface area contributed by atoms with Crippen molar-refractivity contribution in [2.24, 2.45) is 0 Å². The third-order valence-corrected chi connectivity index (χ3v) is 3.20. The molecule has 14 heavy (non-hydrogen) atoms. The molecule has 1 N–H and O–H groups in total. The Bertz CT molecular complexity index is 420. The van der Waals surface area contributed by atoms with Crippen LogP contribution in [0.15, 0.2) is 23.2 Å². The molecule has 1 aliphatic heterocycles. The van der Waals surface area contributed by atoms with Gasteiger partial charge in [0.1, 0.15) is 6.33 Å². The maximum Gasteiger partial charge on any atom is 0.221 e. The van der Waals surface area contributed by atoms with Crippen molar-refractivity contribution < 1.29 is 0 Å². The minimum atomic E-state index is 0.361. The molecule has 72 valence electrons. The average molecular weight is 206 g/mol. The second kappa shape index (κ2) is 3.09. The number of fused-ring (bicyclic) bond motifs is 1. The lowest BCUT2D eigenvalue weighted by atomic mass is 10.1. The van der Waals surface area contributed by atoms with Crippen LogP contribution in [0.3, 0.4) is 0 Å². The van der Waals surface area contributed by atoms with Gasteiger partial charge in [0.15, 0.2) is 0 Å². The first-order chi connectivity index (χ1) is 6.95. The van der Waals surface area contributed by atoms with Crippen LogP contribution < -0.4 is 5.32 Å². The number of hydrogen-bond donors (Lipinski definition) is 1. The minimum Gasteiger partial charge on any atom is -0.354 e. The van der Waals surface area contributed by atoms with Gasteiger partial charge in [-0.3, -0.25) is 0 Å². The lowest BCUT2D eigenvalue weighted by Crippen LogP contribution is -2.24. The van der Waals surface area contributed by atoms with Gasteiger partial charge in [-0.15, -0.1) is 0 Å². The normalized spacial score (nSPS) is 20.1. The van der Waals surface area contributed by atoms with Crippen LogP contribution in [0.5, 0.6) is 0 Å². The summed E-state index contributed by atoms with van der Waals surface area (Å²) in [5.74, 6) is 0.882. The third kappa shape index (κ3) is 1.13. The maximum atomic E-state index is 4.24. The quantitative estimate of drug-likeness (QED) is 0.773. The molecule has 0 aliphatic carbocycles. The van der Waals surface area contributed by atoms with Crippen LogP contribution >= 0.6 is 11.3 Å². The summed E-state index contributed by atoms with van der Waals surface area (Å²) in [5.41, 5.74) is 1.34. The number of thiophene rings is 1. The molecule has 0 radical (unpaired) electrons. The van der Waals surface area contributed by atoms with Crippen molar-refractivity contribution in [2.75, 3.05) is 11.9 Å². The van der Waals surface area contributed by atoms with E-state index >= 15 is 0 Å². The Morgan fingerprint density at radius 3 is 3.43 bits per heavy atom. The highest BCUT2D eigenvalue weighted by atomic mass is 32.1. The number of nitrogens with one attached hydrogen (secondary N) is 1. The minimum absolute atomic E-state index is 0.361. The Labute approximate surface area is 85.6 Å². The summed E-state index contributed by atoms with van der Waals surface area (Å²) in [6.45, 7) is 0.971. The monoisotopic (exact) mass is 206 g/mol. The number of aromatic nitrogens is 3. The predicted octanol–water partition coefficient (Wildman–Crippen LogP) is 1.74. The van der Waals surface area contributed by atoms with E-state index in [1.165, 1.54) is 5.56 Å². The zero-order valence-corrected chi connectivity index (χ0v) is 8.37. The van der Waals surface area contributed by atoms with Gasteiger partial charge in [-0.05, 0) is 28.8 Å². The summed E-state index contributed by atoms with van der Waals surface area (Å²) in [6.07, 6.45) is 2.68. The van der Waals surface area contributed by atoms with Crippen LogP contribution in [0.2, 0.25) is 0 Å². The van der Waals surface area contributed by atoms with E-state index in [0.29, 0.717) is 6.04 Å². The van der Waals surface area contributed by atoms with E-state index in [0.717, 1.165) is 18.9 Å². The average Bonchev–Trinajstić information content (AvgIpc) is 2.88. The van der Waals surface area contributed by atoms with Crippen LogP contribution in [0.1, 0.15) is 18.0 Å². The fourth-order valence-electron chi connectivity index (χ4n) is 1.82. The van der Waals surface area contributed by atoms with E-state index in [4.69, 9.17) is 0 Å². The number of anilines is 1. The van der Waals surface area contributed by atoms with Gasteiger partial charge >= 0.3 is 0 Å². The molecule has 0 bridgehead atoms. The molecule has 2 aromatic heterocycles. The van der Waals surface area contributed by atoms with Gasteiger partial charge in [0.25, 0.3) is 0 Å². The molecule has 3 rings (SSSR count). The Morgan fingerprint density at radius 1 is 1.57 bits per heavy atom. The van der Waals surface area contributed by atoms with Gasteiger partial charge in [-0.1, -0.05) is 0 Å². The SMILES string of the molecule is c1nc2n(n1)C(c1ccsc1)CCN2. The van der Waals surface area contributed by atoms with Crippen molar-refractivity contribution in [3.8, 4) is 0 Å². The molecular weight excluding hydrogens is 196 g/mol. The van der Waals surface area contributed by atoms with Crippen LogP contribution in [0.25, 0.3) is 0 Å². The summed E-state index contributed by atoms with van der Waals surface area (Å²) in [6, 6.07) is 2.52. The van der Waals surface area contributed by atoms with Gasteiger partial charge in [0.2, 0.25) is 5.95 Å². The molecule has 0 aromatic carbocycles. The van der Waals surface area contributed by atoms with Crippen LogP contribution in [-0.2, 0) is 0 Å². The maximum absolute atomic E-state index is 4.24. The van der Waals surface area contributed by atoms with Gasteiger partial charge in [-0.25, -0.2) is 4.68 Å². The number of nitrogens with zero attached hydrogens (tertiary/aromatic N) is 3. The van der Waals surface area contributed by atoms with E-state index < -0.39 is 0 Å². The fourth-order valence-corrected chi connectivity index (χ4v) is 2.53. The summed E-state index contributed by atoms with van der Waals surface area (Å²) < 4.78 is 1.96. The van der Waals surface area contributed by atoms with Gasteiger partial charge in [0.05, 0.1) is 6.04 Å². The third-order valence-electron chi connectivity index (χ3n) is 2.50. The molecule has 4 nitrogen and oxygen atoms in total. The summed E-state index contributed by atoms with van der Waals surface area (Å²) in [7, 11) is 0. The van der Waals surface area contributed by atoms with Crippen molar-refractivity contribution in [3.63, 3.8) is 0 Å². The fraction of sp³-hybridized carbons (Fsp3) is 0.333. The number of rotatable bonds is 1. The van der Waals surface area contributed by atoms with Crippen molar-refractivity contribution in [1.29, 1.82) is 0 Å². The topological polar surface area (TPSA) is 42.7 Å². The van der Waals surface area contributed by atoms with Crippen molar-refractivity contribution in [1.82, 2.24) is 14.8 Å². The van der Waals surface area contributed by atoms with E-state index in [2.05, 4.69) is 32.2 Å². The molecular formula is C9H10N4S. The van der Waals surface area contributed by atoms with Crippen molar-refractivity contribution in [2.45, 2.75) is 12.5 Å². The Hall–Kier alpha value is -1.36. The molecule has 1 unspecified atom stereocenters. The standard InChI is InChI=1S/C9H10N4S/c1-3-10-9-11-6-12-13(9)8(1)7-2-4-14-5-7/h2,4-6,8H,1,3H2,(H,10,11,12). The molecule has 0 spiro atoms. The molecule has 0 amide bonds. The zero-order valence-electron chi connectivity index (χ0n) is 7.55. The van der Waals surface area contributed by atoms with Crippen LogP contribution in [0, 0.1) is 0 Å². The smallest absolute Gasteiger partial charge is 0.221 e. The highest BCUT2D eigenvalue weighted by Gasteiger charge is 2.22. The van der Waals surface area contributed by atoms with Crippen LogP contribution in [-0.4, -0.2) is 21.3 Å². The van der Waals surface area contributed by atoms with Gasteiger partial charge < -0.3 is 5.32 Å². The molecule has 5 heteroatoms. The first-order valence-corrected chi connectivity index (χ1v) is 5.55. The van der Waals surface area contributed by atoms with E-state index in [-0.39, 0.29) is 0 Å². The van der Waals surface area contributed by atoms with Gasteiger partial charge in [-0.2, -0.15) is 21.4 Å². The second-order valence-electron chi connectivity index (χ2n) is 3.32. The van der Waals surface area contributed by atoms with Gasteiger partial charge in [0, 0.05) is 6.54 Å². The predicted molar refractivity (Wildman–Crippen MR) is 55.6 cm³/mol. The molecule has 1 atom stereocenters. The summed E-state index contributed by atoms with van der Waals surface area (Å²) >= 11 is 1.73. The summed E-state index contributed by atoms with van der Waals surface area (Å²) in [4.78, 5) is 4.16. The highest BCUT2D eigenvalue weighted by Crippen LogP contribution is 2.28. The van der Waals surface area contributed by atoms with E-state index in [9.17, 15) is 0 Å². The van der Waals surface area contributed by atoms with Crippen LogP contribution in [0.4, 0.5) is 5.95 Å². The first-order valence-electron chi connectivity index (χ1n) is 4.60.